The lowest BCUT2D eigenvalue weighted by Gasteiger charge is -2.27. The standard InChI is InChI=1S/C12H21N3/c1-3-15(11(2)4-7-13)10-12-5-8-14-9-6-12/h5-6,8-9,11H,3-4,7,10,13H2,1-2H3. The summed E-state index contributed by atoms with van der Waals surface area (Å²) in [6.07, 6.45) is 4.74. The van der Waals surface area contributed by atoms with E-state index in [4.69, 9.17) is 5.73 Å². The van der Waals surface area contributed by atoms with Crippen LogP contribution in [-0.2, 0) is 6.54 Å². The summed E-state index contributed by atoms with van der Waals surface area (Å²) in [5, 5.41) is 0. The Kier molecular flexibility index (Phi) is 5.29. The van der Waals surface area contributed by atoms with Crippen LogP contribution in [0.2, 0.25) is 0 Å². The second-order valence-corrected chi connectivity index (χ2v) is 3.84. The Morgan fingerprint density at radius 2 is 2.07 bits per heavy atom. The van der Waals surface area contributed by atoms with Crippen molar-refractivity contribution in [2.24, 2.45) is 5.73 Å². The molecule has 0 spiro atoms. The van der Waals surface area contributed by atoms with Crippen LogP contribution in [0.15, 0.2) is 24.5 Å². The highest BCUT2D eigenvalue weighted by atomic mass is 15.1. The Morgan fingerprint density at radius 3 is 2.60 bits per heavy atom. The van der Waals surface area contributed by atoms with Crippen LogP contribution in [0.4, 0.5) is 0 Å². The first-order valence-corrected chi connectivity index (χ1v) is 5.61. The molecule has 1 aromatic heterocycles. The molecule has 0 fully saturated rings. The maximum atomic E-state index is 5.58. The molecule has 0 saturated heterocycles. The van der Waals surface area contributed by atoms with Crippen LogP contribution < -0.4 is 5.73 Å². The van der Waals surface area contributed by atoms with Gasteiger partial charge in [0.25, 0.3) is 0 Å². The highest BCUT2D eigenvalue weighted by molar-refractivity contribution is 5.09. The number of pyridine rings is 1. The molecule has 0 aliphatic rings. The third kappa shape index (κ3) is 3.98. The van der Waals surface area contributed by atoms with Gasteiger partial charge in [0.05, 0.1) is 0 Å². The molecule has 0 amide bonds. The Bertz CT molecular complexity index is 261. The van der Waals surface area contributed by atoms with Crippen molar-refractivity contribution in [3.05, 3.63) is 30.1 Å². The zero-order valence-electron chi connectivity index (χ0n) is 9.69. The van der Waals surface area contributed by atoms with E-state index in [-0.39, 0.29) is 0 Å². The van der Waals surface area contributed by atoms with E-state index in [1.807, 2.05) is 12.4 Å². The van der Waals surface area contributed by atoms with Crippen LogP contribution in [0.1, 0.15) is 25.8 Å². The van der Waals surface area contributed by atoms with Gasteiger partial charge < -0.3 is 5.73 Å². The minimum absolute atomic E-state index is 0.549. The van der Waals surface area contributed by atoms with Crippen molar-refractivity contribution in [1.82, 2.24) is 9.88 Å². The van der Waals surface area contributed by atoms with Gasteiger partial charge >= 0.3 is 0 Å². The van der Waals surface area contributed by atoms with Crippen molar-refractivity contribution in [2.45, 2.75) is 32.9 Å². The van der Waals surface area contributed by atoms with Crippen molar-refractivity contribution in [2.75, 3.05) is 13.1 Å². The second-order valence-electron chi connectivity index (χ2n) is 3.84. The number of hydrogen-bond acceptors (Lipinski definition) is 3. The molecule has 0 bridgehead atoms. The largest absolute Gasteiger partial charge is 0.330 e. The van der Waals surface area contributed by atoms with E-state index in [0.29, 0.717) is 6.04 Å². The van der Waals surface area contributed by atoms with Gasteiger partial charge in [-0.05, 0) is 44.1 Å². The lowest BCUT2D eigenvalue weighted by molar-refractivity contribution is 0.203. The van der Waals surface area contributed by atoms with E-state index in [9.17, 15) is 0 Å². The number of hydrogen-bond donors (Lipinski definition) is 1. The van der Waals surface area contributed by atoms with E-state index in [1.165, 1.54) is 5.56 Å². The quantitative estimate of drug-likeness (QED) is 0.771. The molecule has 0 aromatic carbocycles. The fourth-order valence-corrected chi connectivity index (χ4v) is 1.73. The Hall–Kier alpha value is -0.930. The van der Waals surface area contributed by atoms with Gasteiger partial charge in [0, 0.05) is 25.0 Å². The number of nitrogens with zero attached hydrogens (tertiary/aromatic N) is 2. The number of rotatable bonds is 6. The molecular weight excluding hydrogens is 186 g/mol. The molecule has 15 heavy (non-hydrogen) atoms. The van der Waals surface area contributed by atoms with E-state index in [1.54, 1.807) is 0 Å². The predicted molar refractivity (Wildman–Crippen MR) is 63.5 cm³/mol. The smallest absolute Gasteiger partial charge is 0.0271 e. The molecule has 2 N–H and O–H groups in total. The van der Waals surface area contributed by atoms with E-state index in [0.717, 1.165) is 26.1 Å². The Balaban J connectivity index is 2.53. The van der Waals surface area contributed by atoms with Gasteiger partial charge in [-0.1, -0.05) is 6.92 Å². The second kappa shape index (κ2) is 6.53. The normalized spacial score (nSPS) is 13.1. The molecule has 1 rings (SSSR count). The molecule has 3 heteroatoms. The van der Waals surface area contributed by atoms with Gasteiger partial charge in [0.1, 0.15) is 0 Å². The van der Waals surface area contributed by atoms with Gasteiger partial charge in [0.15, 0.2) is 0 Å². The van der Waals surface area contributed by atoms with Crippen LogP contribution in [-0.4, -0.2) is 29.0 Å². The van der Waals surface area contributed by atoms with Gasteiger partial charge in [-0.15, -0.1) is 0 Å². The van der Waals surface area contributed by atoms with Gasteiger partial charge in [-0.3, -0.25) is 9.88 Å². The summed E-state index contributed by atoms with van der Waals surface area (Å²) in [5.74, 6) is 0. The molecule has 1 atom stereocenters. The highest BCUT2D eigenvalue weighted by Crippen LogP contribution is 2.08. The molecule has 1 aromatic rings. The van der Waals surface area contributed by atoms with Crippen molar-refractivity contribution in [3.8, 4) is 0 Å². The SMILES string of the molecule is CCN(Cc1ccncc1)C(C)CCN. The summed E-state index contributed by atoms with van der Waals surface area (Å²) in [4.78, 5) is 6.45. The van der Waals surface area contributed by atoms with E-state index in [2.05, 4.69) is 35.9 Å². The molecule has 0 radical (unpaired) electrons. The Morgan fingerprint density at radius 1 is 1.40 bits per heavy atom. The van der Waals surface area contributed by atoms with Gasteiger partial charge in [0.2, 0.25) is 0 Å². The zero-order valence-corrected chi connectivity index (χ0v) is 9.69. The average Bonchev–Trinajstić information content (AvgIpc) is 2.27. The minimum atomic E-state index is 0.549. The topological polar surface area (TPSA) is 42.2 Å². The van der Waals surface area contributed by atoms with Crippen LogP contribution in [0.3, 0.4) is 0 Å². The molecule has 84 valence electrons. The summed E-state index contributed by atoms with van der Waals surface area (Å²) in [6.45, 7) is 7.23. The van der Waals surface area contributed by atoms with Gasteiger partial charge in [-0.2, -0.15) is 0 Å². The van der Waals surface area contributed by atoms with E-state index < -0.39 is 0 Å². The van der Waals surface area contributed by atoms with Crippen LogP contribution in [0.5, 0.6) is 0 Å². The molecule has 0 saturated carbocycles. The first kappa shape index (κ1) is 12.1. The van der Waals surface area contributed by atoms with Crippen molar-refractivity contribution in [1.29, 1.82) is 0 Å². The third-order valence-electron chi connectivity index (χ3n) is 2.75. The summed E-state index contributed by atoms with van der Waals surface area (Å²) in [7, 11) is 0. The molecule has 0 aliphatic carbocycles. The fraction of sp³-hybridized carbons (Fsp3) is 0.583. The first-order valence-electron chi connectivity index (χ1n) is 5.61. The summed E-state index contributed by atoms with van der Waals surface area (Å²) >= 11 is 0. The highest BCUT2D eigenvalue weighted by Gasteiger charge is 2.10. The minimum Gasteiger partial charge on any atom is -0.330 e. The number of aromatic nitrogens is 1. The Labute approximate surface area is 92.3 Å². The average molecular weight is 207 g/mol. The molecule has 0 aliphatic heterocycles. The van der Waals surface area contributed by atoms with Crippen LogP contribution >= 0.6 is 0 Å². The molecular formula is C12H21N3. The maximum Gasteiger partial charge on any atom is 0.0271 e. The summed E-state index contributed by atoms with van der Waals surface area (Å²) < 4.78 is 0. The lowest BCUT2D eigenvalue weighted by Crippen LogP contribution is -2.33. The third-order valence-corrected chi connectivity index (χ3v) is 2.75. The zero-order chi connectivity index (χ0) is 11.1. The van der Waals surface area contributed by atoms with Crippen LogP contribution in [0, 0.1) is 0 Å². The monoisotopic (exact) mass is 207 g/mol. The summed E-state index contributed by atoms with van der Waals surface area (Å²) in [6, 6.07) is 4.68. The molecule has 1 heterocycles. The number of nitrogens with two attached hydrogens (primary N) is 1. The van der Waals surface area contributed by atoms with Crippen molar-refractivity contribution in [3.63, 3.8) is 0 Å². The predicted octanol–water partition coefficient (Wildman–Crippen LogP) is 1.64. The first-order chi connectivity index (χ1) is 7.27. The van der Waals surface area contributed by atoms with Crippen molar-refractivity contribution < 1.29 is 0 Å². The van der Waals surface area contributed by atoms with Crippen LogP contribution in [0.25, 0.3) is 0 Å². The lowest BCUT2D eigenvalue weighted by atomic mass is 10.1. The fourth-order valence-electron chi connectivity index (χ4n) is 1.73. The molecule has 3 nitrogen and oxygen atoms in total. The van der Waals surface area contributed by atoms with E-state index >= 15 is 0 Å². The molecule has 1 unspecified atom stereocenters. The van der Waals surface area contributed by atoms with Crippen molar-refractivity contribution >= 4 is 0 Å². The maximum absolute atomic E-state index is 5.58. The van der Waals surface area contributed by atoms with Gasteiger partial charge in [-0.25, -0.2) is 0 Å². The summed E-state index contributed by atoms with van der Waals surface area (Å²) in [5.41, 5.74) is 6.89.